The van der Waals surface area contributed by atoms with Crippen LogP contribution in [0.4, 0.5) is 4.79 Å². The van der Waals surface area contributed by atoms with Crippen molar-refractivity contribution in [3.05, 3.63) is 39.6 Å². The van der Waals surface area contributed by atoms with E-state index in [1.54, 1.807) is 18.2 Å². The van der Waals surface area contributed by atoms with E-state index in [1.807, 2.05) is 0 Å². The number of rotatable bonds is 7. The molecule has 2 rings (SSSR count). The second-order valence-electron chi connectivity index (χ2n) is 4.91. The number of nitrogens with one attached hydrogen (secondary N) is 1. The largest absolute Gasteiger partial charge is 0.493 e. The third-order valence-corrected chi connectivity index (χ3v) is 3.97. The summed E-state index contributed by atoms with van der Waals surface area (Å²) in [4.78, 5) is 35.2. The number of hydrogen-bond acceptors (Lipinski definition) is 5. The van der Waals surface area contributed by atoms with Crippen LogP contribution in [-0.2, 0) is 9.59 Å². The normalized spacial score (nSPS) is 15.3. The number of carboxylic acids is 1. The van der Waals surface area contributed by atoms with Crippen LogP contribution in [0.1, 0.15) is 5.56 Å². The fraction of sp³-hybridized carbons (Fsp3) is 0.188. The van der Waals surface area contributed by atoms with E-state index in [9.17, 15) is 14.4 Å². The Hall–Kier alpha value is -2.56. The molecular formula is C16H15IN2O6. The predicted molar refractivity (Wildman–Crippen MR) is 97.3 cm³/mol. The molecular weight excluding hydrogens is 443 g/mol. The molecule has 0 radical (unpaired) electrons. The van der Waals surface area contributed by atoms with Crippen molar-refractivity contribution < 1.29 is 29.0 Å². The molecule has 1 aliphatic rings. The van der Waals surface area contributed by atoms with Gasteiger partial charge in [0.25, 0.3) is 5.91 Å². The van der Waals surface area contributed by atoms with Gasteiger partial charge in [-0.25, -0.2) is 9.69 Å². The molecule has 1 aromatic carbocycles. The molecule has 2 N–H and O–H groups in total. The van der Waals surface area contributed by atoms with E-state index in [1.165, 1.54) is 13.2 Å². The summed E-state index contributed by atoms with van der Waals surface area (Å²) in [5, 5.41) is 11.1. The number of carboxylic acid groups (broad SMARTS) is 1. The molecule has 8 nitrogen and oxygen atoms in total. The Morgan fingerprint density at radius 1 is 1.44 bits per heavy atom. The third-order valence-electron chi connectivity index (χ3n) is 3.16. The topological polar surface area (TPSA) is 105 Å². The molecule has 25 heavy (non-hydrogen) atoms. The molecule has 0 bridgehead atoms. The molecule has 0 atom stereocenters. The lowest BCUT2D eigenvalue weighted by Crippen LogP contribution is -2.35. The van der Waals surface area contributed by atoms with Crippen LogP contribution in [0.25, 0.3) is 6.08 Å². The first-order chi connectivity index (χ1) is 11.9. The van der Waals surface area contributed by atoms with E-state index >= 15 is 0 Å². The second-order valence-corrected chi connectivity index (χ2v) is 6.07. The minimum absolute atomic E-state index is 0.0103. The smallest absolute Gasteiger partial charge is 0.329 e. The molecule has 1 aromatic rings. The molecule has 0 unspecified atom stereocenters. The summed E-state index contributed by atoms with van der Waals surface area (Å²) < 4.78 is 11.6. The number of ether oxygens (including phenoxy) is 2. The van der Waals surface area contributed by atoms with Gasteiger partial charge in [-0.15, -0.1) is 0 Å². The fourth-order valence-electron chi connectivity index (χ4n) is 2.12. The average molecular weight is 458 g/mol. The predicted octanol–water partition coefficient (Wildman–Crippen LogP) is 1.84. The van der Waals surface area contributed by atoms with Gasteiger partial charge in [0.15, 0.2) is 11.5 Å². The fourth-order valence-corrected chi connectivity index (χ4v) is 2.90. The maximum atomic E-state index is 12.1. The summed E-state index contributed by atoms with van der Waals surface area (Å²) in [5.41, 5.74) is 0.580. The van der Waals surface area contributed by atoms with Gasteiger partial charge in [-0.1, -0.05) is 12.7 Å². The van der Waals surface area contributed by atoms with Crippen LogP contribution >= 0.6 is 22.6 Å². The van der Waals surface area contributed by atoms with Crippen molar-refractivity contribution in [1.29, 1.82) is 0 Å². The number of nitrogens with zero attached hydrogens (tertiary/aromatic N) is 1. The van der Waals surface area contributed by atoms with E-state index in [0.717, 1.165) is 3.57 Å². The van der Waals surface area contributed by atoms with Crippen molar-refractivity contribution in [3.8, 4) is 11.5 Å². The molecule has 0 saturated carbocycles. The average Bonchev–Trinajstić information content (AvgIpc) is 2.80. The summed E-state index contributed by atoms with van der Waals surface area (Å²) in [6.07, 6.45) is 3.05. The number of methoxy groups -OCH3 is 1. The van der Waals surface area contributed by atoms with Crippen LogP contribution in [0.3, 0.4) is 0 Å². The van der Waals surface area contributed by atoms with E-state index < -0.39 is 24.5 Å². The van der Waals surface area contributed by atoms with E-state index in [4.69, 9.17) is 14.6 Å². The Balaban J connectivity index is 2.33. The maximum Gasteiger partial charge on any atom is 0.329 e. The number of amides is 3. The summed E-state index contributed by atoms with van der Waals surface area (Å²) in [6.45, 7) is 3.20. The highest BCUT2D eigenvalue weighted by atomic mass is 127. The minimum Gasteiger partial charge on any atom is -0.493 e. The quantitative estimate of drug-likeness (QED) is 0.280. The van der Waals surface area contributed by atoms with Gasteiger partial charge in [0, 0.05) is 0 Å². The van der Waals surface area contributed by atoms with Crippen LogP contribution in [0, 0.1) is 3.57 Å². The number of aliphatic carboxylic acids is 1. The molecule has 0 aliphatic carbocycles. The number of halogens is 1. The standard InChI is InChI=1S/C16H15IN2O6/c1-3-4-25-14-10(17)5-9(7-12(14)24-2)6-11-15(22)19(8-13(20)21)16(23)18-11/h3,5-7H,1,4,8H2,2H3,(H,18,23)(H,20,21)/b11-6-. The van der Waals surface area contributed by atoms with Gasteiger partial charge < -0.3 is 19.9 Å². The molecule has 1 aliphatic heterocycles. The molecule has 1 fully saturated rings. The zero-order valence-corrected chi connectivity index (χ0v) is 15.4. The Bertz CT molecular complexity index is 774. The lowest BCUT2D eigenvalue weighted by molar-refractivity contribution is -0.140. The van der Waals surface area contributed by atoms with Crippen molar-refractivity contribution in [2.75, 3.05) is 20.3 Å². The maximum absolute atomic E-state index is 12.1. The SMILES string of the molecule is C=CCOc1c(I)cc(/C=C2\NC(=O)N(CC(=O)O)C2=O)cc1OC. The highest BCUT2D eigenvalue weighted by molar-refractivity contribution is 14.1. The lowest BCUT2D eigenvalue weighted by Gasteiger charge is -2.12. The number of benzene rings is 1. The number of hydrogen-bond donors (Lipinski definition) is 2. The number of carbonyl (C=O) groups is 3. The van der Waals surface area contributed by atoms with Crippen LogP contribution in [0.5, 0.6) is 11.5 Å². The zero-order valence-electron chi connectivity index (χ0n) is 13.2. The first-order valence-electron chi connectivity index (χ1n) is 7.05. The summed E-state index contributed by atoms with van der Waals surface area (Å²) in [7, 11) is 1.49. The highest BCUT2D eigenvalue weighted by Crippen LogP contribution is 2.34. The molecule has 0 aromatic heterocycles. The van der Waals surface area contributed by atoms with Crippen LogP contribution in [-0.4, -0.2) is 48.2 Å². The Morgan fingerprint density at radius 2 is 2.16 bits per heavy atom. The number of urea groups is 1. The molecule has 3 amide bonds. The van der Waals surface area contributed by atoms with Gasteiger partial charge in [0.1, 0.15) is 18.8 Å². The first-order valence-corrected chi connectivity index (χ1v) is 8.12. The van der Waals surface area contributed by atoms with Crippen molar-refractivity contribution >= 4 is 46.6 Å². The summed E-state index contributed by atoms with van der Waals surface area (Å²) >= 11 is 2.06. The summed E-state index contributed by atoms with van der Waals surface area (Å²) in [5.74, 6) is -0.975. The van der Waals surface area contributed by atoms with Crippen molar-refractivity contribution in [2.45, 2.75) is 0 Å². The van der Waals surface area contributed by atoms with Crippen molar-refractivity contribution in [2.24, 2.45) is 0 Å². The van der Waals surface area contributed by atoms with Crippen LogP contribution < -0.4 is 14.8 Å². The van der Waals surface area contributed by atoms with E-state index in [0.29, 0.717) is 28.6 Å². The Labute approximate surface area is 157 Å². The van der Waals surface area contributed by atoms with Gasteiger partial charge in [-0.05, 0) is 46.4 Å². The third kappa shape index (κ3) is 4.29. The van der Waals surface area contributed by atoms with E-state index in [2.05, 4.69) is 34.5 Å². The summed E-state index contributed by atoms with van der Waals surface area (Å²) in [6, 6.07) is 2.62. The molecule has 1 saturated heterocycles. The van der Waals surface area contributed by atoms with Gasteiger partial charge in [-0.3, -0.25) is 9.59 Å². The van der Waals surface area contributed by atoms with Crippen molar-refractivity contribution in [1.82, 2.24) is 10.2 Å². The molecule has 9 heteroatoms. The van der Waals surface area contributed by atoms with Gasteiger partial charge in [0.05, 0.1) is 10.7 Å². The van der Waals surface area contributed by atoms with Crippen LogP contribution in [0.15, 0.2) is 30.5 Å². The monoisotopic (exact) mass is 458 g/mol. The van der Waals surface area contributed by atoms with Gasteiger partial charge in [0.2, 0.25) is 0 Å². The molecule has 0 spiro atoms. The van der Waals surface area contributed by atoms with Gasteiger partial charge >= 0.3 is 12.0 Å². The Kier molecular flexibility index (Phi) is 6.02. The second kappa shape index (κ2) is 8.01. The Morgan fingerprint density at radius 3 is 2.76 bits per heavy atom. The number of carbonyl (C=O) groups excluding carboxylic acids is 2. The van der Waals surface area contributed by atoms with Crippen molar-refractivity contribution in [3.63, 3.8) is 0 Å². The van der Waals surface area contributed by atoms with E-state index in [-0.39, 0.29) is 5.70 Å². The number of imide groups is 1. The highest BCUT2D eigenvalue weighted by Gasteiger charge is 2.34. The zero-order chi connectivity index (χ0) is 18.6. The molecule has 132 valence electrons. The molecule has 1 heterocycles. The lowest BCUT2D eigenvalue weighted by atomic mass is 10.1. The van der Waals surface area contributed by atoms with Crippen LogP contribution in [0.2, 0.25) is 0 Å². The first kappa shape index (κ1) is 18.8. The van der Waals surface area contributed by atoms with Gasteiger partial charge in [-0.2, -0.15) is 0 Å². The minimum atomic E-state index is -1.27.